The number of methoxy groups -OCH3 is 1. The van der Waals surface area contributed by atoms with E-state index in [0.717, 1.165) is 25.0 Å². The van der Waals surface area contributed by atoms with Crippen molar-refractivity contribution in [3.05, 3.63) is 47.9 Å². The molecule has 0 radical (unpaired) electrons. The molecule has 2 aromatic heterocycles. The van der Waals surface area contributed by atoms with Crippen molar-refractivity contribution >= 4 is 28.4 Å². The number of pyridine rings is 1. The third-order valence-electron chi connectivity index (χ3n) is 6.54. The molecule has 3 aromatic rings. The summed E-state index contributed by atoms with van der Waals surface area (Å²) in [5.74, 6) is -0.548. The second-order valence-corrected chi connectivity index (χ2v) is 9.61. The van der Waals surface area contributed by atoms with Gasteiger partial charge in [-0.2, -0.15) is 18.3 Å². The van der Waals surface area contributed by atoms with E-state index >= 15 is 0 Å². The van der Waals surface area contributed by atoms with Crippen molar-refractivity contribution < 1.29 is 32.6 Å². The Morgan fingerprint density at radius 1 is 1.19 bits per heavy atom. The molecule has 0 unspecified atom stereocenters. The number of aliphatic hydroxyl groups is 1. The number of alkyl halides is 3. The highest BCUT2D eigenvalue weighted by Crippen LogP contribution is 2.32. The van der Waals surface area contributed by atoms with Crippen molar-refractivity contribution in [3.8, 4) is 5.75 Å². The monoisotopic (exact) mass is 519 g/mol. The number of fused-ring (bicyclic) bond motifs is 1. The van der Waals surface area contributed by atoms with Crippen LogP contribution in [0.1, 0.15) is 42.9 Å². The molecule has 4 rings (SSSR count). The molecule has 12 heteroatoms. The number of hydrogen-bond donors (Lipinski definition) is 2. The molecule has 0 bridgehead atoms. The lowest BCUT2D eigenvalue weighted by Gasteiger charge is -2.37. The first kappa shape index (κ1) is 26.4. The van der Waals surface area contributed by atoms with Crippen molar-refractivity contribution in [2.24, 2.45) is 5.92 Å². The van der Waals surface area contributed by atoms with E-state index in [2.05, 4.69) is 15.4 Å². The van der Waals surface area contributed by atoms with Gasteiger partial charge >= 0.3 is 6.18 Å². The molecule has 0 spiro atoms. The van der Waals surface area contributed by atoms with Crippen molar-refractivity contribution in [1.29, 1.82) is 0 Å². The third kappa shape index (κ3) is 6.01. The highest BCUT2D eigenvalue weighted by molar-refractivity contribution is 6.05. The Hall–Kier alpha value is -3.67. The number of anilines is 1. The number of rotatable bonds is 6. The molecule has 1 fully saturated rings. The SMILES string of the molecule is COc1cc2nn(CC(=O)N3CCC(C(C)(C)O)CC3)cc2cc1NC(=O)c1cccc(C(F)(F)F)n1. The van der Waals surface area contributed by atoms with Gasteiger partial charge in [-0.3, -0.25) is 14.3 Å². The number of nitrogens with one attached hydrogen (secondary N) is 1. The average Bonchev–Trinajstić information content (AvgIpc) is 3.23. The van der Waals surface area contributed by atoms with E-state index in [4.69, 9.17) is 4.74 Å². The number of piperidine rings is 1. The number of halogens is 3. The van der Waals surface area contributed by atoms with Crippen LogP contribution in [-0.2, 0) is 17.5 Å². The van der Waals surface area contributed by atoms with Gasteiger partial charge in [0.1, 0.15) is 23.7 Å². The molecule has 1 saturated heterocycles. The van der Waals surface area contributed by atoms with Gasteiger partial charge in [-0.05, 0) is 50.8 Å². The zero-order valence-electron chi connectivity index (χ0n) is 20.7. The van der Waals surface area contributed by atoms with Gasteiger partial charge in [0.25, 0.3) is 5.91 Å². The van der Waals surface area contributed by atoms with Gasteiger partial charge in [-0.25, -0.2) is 4.98 Å². The molecular weight excluding hydrogens is 491 g/mol. The largest absolute Gasteiger partial charge is 0.494 e. The summed E-state index contributed by atoms with van der Waals surface area (Å²) in [4.78, 5) is 30.6. The van der Waals surface area contributed by atoms with E-state index in [1.165, 1.54) is 17.9 Å². The fraction of sp³-hybridized carbons (Fsp3) is 0.440. The highest BCUT2D eigenvalue weighted by atomic mass is 19.4. The third-order valence-corrected chi connectivity index (χ3v) is 6.54. The number of carbonyl (C=O) groups is 2. The van der Waals surface area contributed by atoms with E-state index < -0.39 is 29.1 Å². The van der Waals surface area contributed by atoms with Crippen LogP contribution in [0.2, 0.25) is 0 Å². The number of aromatic nitrogens is 3. The van der Waals surface area contributed by atoms with Gasteiger partial charge in [0.15, 0.2) is 0 Å². The van der Waals surface area contributed by atoms with Gasteiger partial charge in [0, 0.05) is 30.7 Å². The molecule has 1 aromatic carbocycles. The fourth-order valence-electron chi connectivity index (χ4n) is 4.43. The van der Waals surface area contributed by atoms with E-state index in [9.17, 15) is 27.9 Å². The van der Waals surface area contributed by atoms with Crippen LogP contribution in [0.4, 0.5) is 18.9 Å². The Morgan fingerprint density at radius 2 is 1.89 bits per heavy atom. The quantitative estimate of drug-likeness (QED) is 0.514. The highest BCUT2D eigenvalue weighted by Gasteiger charge is 2.33. The molecule has 3 heterocycles. The van der Waals surface area contributed by atoms with Gasteiger partial charge in [0.2, 0.25) is 5.91 Å². The zero-order valence-corrected chi connectivity index (χ0v) is 20.7. The topological polar surface area (TPSA) is 110 Å². The second-order valence-electron chi connectivity index (χ2n) is 9.61. The fourth-order valence-corrected chi connectivity index (χ4v) is 4.43. The molecule has 1 aliphatic rings. The minimum absolute atomic E-state index is 0.0139. The molecule has 1 aliphatic heterocycles. The van der Waals surface area contributed by atoms with Crippen LogP contribution in [0.5, 0.6) is 5.75 Å². The summed E-state index contributed by atoms with van der Waals surface area (Å²) in [6.45, 7) is 4.70. The summed E-state index contributed by atoms with van der Waals surface area (Å²) in [6, 6.07) is 6.22. The Balaban J connectivity index is 1.48. The summed E-state index contributed by atoms with van der Waals surface area (Å²) in [7, 11) is 1.39. The first-order chi connectivity index (χ1) is 17.3. The van der Waals surface area contributed by atoms with Crippen molar-refractivity contribution in [2.45, 2.75) is 45.0 Å². The molecule has 2 amide bonds. The van der Waals surface area contributed by atoms with Crippen LogP contribution < -0.4 is 10.1 Å². The van der Waals surface area contributed by atoms with E-state index in [0.29, 0.717) is 24.0 Å². The minimum atomic E-state index is -4.68. The number of hydrogen-bond acceptors (Lipinski definition) is 6. The van der Waals surface area contributed by atoms with Crippen LogP contribution in [0, 0.1) is 5.92 Å². The smallest absolute Gasteiger partial charge is 0.433 e. The van der Waals surface area contributed by atoms with Gasteiger partial charge < -0.3 is 20.1 Å². The molecular formula is C25H28F3N5O4. The maximum Gasteiger partial charge on any atom is 0.433 e. The van der Waals surface area contributed by atoms with Gasteiger partial charge in [-0.15, -0.1) is 0 Å². The Morgan fingerprint density at radius 3 is 2.51 bits per heavy atom. The Bertz CT molecular complexity index is 1310. The summed E-state index contributed by atoms with van der Waals surface area (Å²) >= 11 is 0. The van der Waals surface area contributed by atoms with E-state index in [-0.39, 0.29) is 29.8 Å². The molecule has 0 aliphatic carbocycles. The lowest BCUT2D eigenvalue weighted by Crippen LogP contribution is -2.45. The van der Waals surface area contributed by atoms with E-state index in [1.807, 2.05) is 0 Å². The molecule has 9 nitrogen and oxygen atoms in total. The standard InChI is InChI=1S/C25H28F3N5O4/c1-24(2,36)16-7-9-32(10-8-16)22(34)14-33-13-15-11-19(20(37-3)12-18(15)31-33)30-23(35)17-5-4-6-21(29-17)25(26,27)28/h4-6,11-13,16,36H,7-10,14H2,1-3H3,(H,30,35). The van der Waals surface area contributed by atoms with Crippen LogP contribution in [-0.4, -0.2) is 62.4 Å². The maximum absolute atomic E-state index is 13.0. The number of amides is 2. The summed E-state index contributed by atoms with van der Waals surface area (Å²) in [6.07, 6.45) is -1.59. The lowest BCUT2D eigenvalue weighted by atomic mass is 9.83. The number of carbonyl (C=O) groups excluding carboxylic acids is 2. The summed E-state index contributed by atoms with van der Waals surface area (Å²) < 4.78 is 45.7. The van der Waals surface area contributed by atoms with Crippen molar-refractivity contribution in [2.75, 3.05) is 25.5 Å². The molecule has 37 heavy (non-hydrogen) atoms. The summed E-state index contributed by atoms with van der Waals surface area (Å²) in [5.41, 5.74) is -1.61. The van der Waals surface area contributed by atoms with Gasteiger partial charge in [-0.1, -0.05) is 6.07 Å². The average molecular weight is 520 g/mol. The maximum atomic E-state index is 13.0. The molecule has 198 valence electrons. The first-order valence-electron chi connectivity index (χ1n) is 11.8. The summed E-state index contributed by atoms with van der Waals surface area (Å²) in [5, 5.41) is 17.8. The predicted molar refractivity (Wildman–Crippen MR) is 129 cm³/mol. The minimum Gasteiger partial charge on any atom is -0.494 e. The van der Waals surface area contributed by atoms with Crippen LogP contribution in [0.15, 0.2) is 36.5 Å². The van der Waals surface area contributed by atoms with Crippen LogP contribution in [0.25, 0.3) is 10.9 Å². The molecule has 0 saturated carbocycles. The number of likely N-dealkylation sites (tertiary alicyclic amines) is 1. The zero-order chi connectivity index (χ0) is 27.0. The number of benzene rings is 1. The molecule has 2 N–H and O–H groups in total. The molecule has 0 atom stereocenters. The predicted octanol–water partition coefficient (Wildman–Crippen LogP) is 3.72. The van der Waals surface area contributed by atoms with Gasteiger partial charge in [0.05, 0.1) is 23.9 Å². The normalized spacial score (nSPS) is 15.2. The Kier molecular flexibility index (Phi) is 7.13. The Labute approximate surface area is 211 Å². The number of ether oxygens (including phenoxy) is 1. The second kappa shape index (κ2) is 10.0. The van der Waals surface area contributed by atoms with Crippen molar-refractivity contribution in [3.63, 3.8) is 0 Å². The van der Waals surface area contributed by atoms with E-state index in [1.54, 1.807) is 37.1 Å². The number of nitrogens with zero attached hydrogens (tertiary/aromatic N) is 4. The van der Waals surface area contributed by atoms with Crippen molar-refractivity contribution in [1.82, 2.24) is 19.7 Å². The van der Waals surface area contributed by atoms with Crippen LogP contribution in [0.3, 0.4) is 0 Å². The lowest BCUT2D eigenvalue weighted by molar-refractivity contribution is -0.141. The van der Waals surface area contributed by atoms with Crippen LogP contribution >= 0.6 is 0 Å². The first-order valence-corrected chi connectivity index (χ1v) is 11.8.